The molecule has 0 atom stereocenters. The van der Waals surface area contributed by atoms with E-state index < -0.39 is 0 Å². The summed E-state index contributed by atoms with van der Waals surface area (Å²) in [6.45, 7) is 3.26. The summed E-state index contributed by atoms with van der Waals surface area (Å²) in [5, 5.41) is 5.47. The van der Waals surface area contributed by atoms with Gasteiger partial charge < -0.3 is 10.2 Å². The van der Waals surface area contributed by atoms with E-state index in [0.29, 0.717) is 6.54 Å². The molecular weight excluding hydrogens is 430 g/mol. The van der Waals surface area contributed by atoms with Crippen LogP contribution in [-0.4, -0.2) is 30.3 Å². The van der Waals surface area contributed by atoms with Gasteiger partial charge in [0.2, 0.25) is 0 Å². The Morgan fingerprint density at radius 1 is 1.10 bits per heavy atom. The summed E-state index contributed by atoms with van der Waals surface area (Å²) in [4.78, 5) is 9.58. The van der Waals surface area contributed by atoms with E-state index in [1.54, 1.807) is 0 Å². The molecule has 3 nitrogen and oxygen atoms in total. The normalized spacial score (nSPS) is 16.0. The van der Waals surface area contributed by atoms with E-state index in [4.69, 9.17) is 28.8 Å². The molecule has 0 amide bonds. The fraction of sp³-hybridized carbons (Fsp3) is 0.250. The van der Waals surface area contributed by atoms with Crippen LogP contribution in [0.3, 0.4) is 0 Å². The molecular formula is C24H22ClN3S2. The van der Waals surface area contributed by atoms with Gasteiger partial charge >= 0.3 is 0 Å². The maximum absolute atomic E-state index is 6.61. The van der Waals surface area contributed by atoms with Crippen LogP contribution < -0.4 is 10.2 Å². The van der Waals surface area contributed by atoms with Gasteiger partial charge in [0.1, 0.15) is 9.99 Å². The molecule has 2 aromatic carbocycles. The first-order valence-electron chi connectivity index (χ1n) is 10.2. The lowest BCUT2D eigenvalue weighted by atomic mass is 9.95. The van der Waals surface area contributed by atoms with Crippen LogP contribution in [0.25, 0.3) is 0 Å². The highest BCUT2D eigenvalue weighted by Crippen LogP contribution is 2.41. The van der Waals surface area contributed by atoms with Gasteiger partial charge in [-0.25, -0.2) is 0 Å². The highest BCUT2D eigenvalue weighted by molar-refractivity contribution is 7.80. The molecule has 1 N–H and O–H groups in total. The van der Waals surface area contributed by atoms with E-state index in [0.717, 1.165) is 53.8 Å². The van der Waals surface area contributed by atoms with Crippen molar-refractivity contribution >= 4 is 50.9 Å². The fourth-order valence-electron chi connectivity index (χ4n) is 4.16. The Kier molecular flexibility index (Phi) is 5.70. The number of benzene rings is 2. The van der Waals surface area contributed by atoms with Crippen molar-refractivity contribution in [1.29, 1.82) is 0 Å². The predicted molar refractivity (Wildman–Crippen MR) is 132 cm³/mol. The number of aliphatic imine (C=N–C) groups is 1. The summed E-state index contributed by atoms with van der Waals surface area (Å²) in [5.74, 6) is 0. The number of hydrogen-bond donors (Lipinski definition) is 1. The van der Waals surface area contributed by atoms with Gasteiger partial charge in [0.05, 0.1) is 12.3 Å². The molecule has 0 unspecified atom stereocenters. The number of hydrogen-bond acceptors (Lipinski definition) is 4. The quantitative estimate of drug-likeness (QED) is 0.547. The third kappa shape index (κ3) is 3.71. The van der Waals surface area contributed by atoms with Crippen LogP contribution in [-0.2, 0) is 19.4 Å². The second kappa shape index (κ2) is 8.60. The maximum Gasteiger partial charge on any atom is 0.106 e. The number of fused-ring (bicyclic) bond motifs is 3. The van der Waals surface area contributed by atoms with Crippen LogP contribution in [0, 0.1) is 0 Å². The van der Waals surface area contributed by atoms with Crippen LogP contribution in [0.4, 0.5) is 5.00 Å². The molecule has 2 aliphatic rings. The van der Waals surface area contributed by atoms with Crippen LogP contribution in [0.2, 0.25) is 5.02 Å². The third-order valence-electron chi connectivity index (χ3n) is 5.66. The molecule has 3 aromatic rings. The van der Waals surface area contributed by atoms with Crippen LogP contribution in [0.1, 0.15) is 27.1 Å². The van der Waals surface area contributed by atoms with Gasteiger partial charge in [0.25, 0.3) is 0 Å². The Morgan fingerprint density at radius 2 is 1.90 bits per heavy atom. The molecule has 3 heterocycles. The van der Waals surface area contributed by atoms with Gasteiger partial charge in [-0.2, -0.15) is 0 Å². The smallest absolute Gasteiger partial charge is 0.106 e. The van der Waals surface area contributed by atoms with Crippen molar-refractivity contribution < 1.29 is 0 Å². The Balaban J connectivity index is 1.60. The largest absolute Gasteiger partial charge is 0.325 e. The van der Waals surface area contributed by atoms with Crippen molar-refractivity contribution in [1.82, 2.24) is 5.32 Å². The first-order valence-corrected chi connectivity index (χ1v) is 11.8. The van der Waals surface area contributed by atoms with Crippen molar-refractivity contribution in [3.8, 4) is 0 Å². The van der Waals surface area contributed by atoms with Gasteiger partial charge in [-0.15, -0.1) is 11.3 Å². The average Bonchev–Trinajstić information content (AvgIpc) is 3.09. The highest BCUT2D eigenvalue weighted by Gasteiger charge is 2.31. The first kappa shape index (κ1) is 19.9. The number of halogens is 1. The van der Waals surface area contributed by atoms with E-state index in [-0.39, 0.29) is 0 Å². The molecule has 6 heteroatoms. The zero-order chi connectivity index (χ0) is 20.5. The molecule has 0 spiro atoms. The zero-order valence-electron chi connectivity index (χ0n) is 16.5. The molecule has 2 aliphatic heterocycles. The van der Waals surface area contributed by atoms with Crippen LogP contribution in [0.5, 0.6) is 0 Å². The maximum atomic E-state index is 6.61. The Bertz CT molecular complexity index is 1120. The Labute approximate surface area is 191 Å². The van der Waals surface area contributed by atoms with Crippen molar-refractivity contribution in [2.24, 2.45) is 4.99 Å². The van der Waals surface area contributed by atoms with Gasteiger partial charge in [-0.1, -0.05) is 72.3 Å². The van der Waals surface area contributed by atoms with Gasteiger partial charge in [-0.3, -0.25) is 4.99 Å². The minimum atomic E-state index is 0.513. The van der Waals surface area contributed by atoms with Crippen molar-refractivity contribution in [2.75, 3.05) is 24.5 Å². The van der Waals surface area contributed by atoms with E-state index in [9.17, 15) is 0 Å². The standard InChI is InChI=1S/C24H22ClN3S2/c25-19-9-5-4-8-17(19)23-22-18-10-12-26-14-20(18)30-24(22)28(21(29)15-27-23)13-11-16-6-2-1-3-7-16/h1-9,26H,10-15H2. The molecule has 0 bridgehead atoms. The van der Waals surface area contributed by atoms with E-state index in [2.05, 4.69) is 46.6 Å². The Morgan fingerprint density at radius 3 is 2.73 bits per heavy atom. The molecule has 0 aliphatic carbocycles. The lowest BCUT2D eigenvalue weighted by Crippen LogP contribution is -2.32. The van der Waals surface area contributed by atoms with Gasteiger partial charge in [0.15, 0.2) is 0 Å². The SMILES string of the molecule is S=C1CN=C(c2ccccc2Cl)c2c(sc3c2CCNC3)N1CCc1ccccc1. The summed E-state index contributed by atoms with van der Waals surface area (Å²) in [6.07, 6.45) is 1.95. The summed E-state index contributed by atoms with van der Waals surface area (Å²) in [6, 6.07) is 18.6. The van der Waals surface area contributed by atoms with Crippen molar-refractivity contribution in [3.05, 3.63) is 86.8 Å². The molecule has 0 saturated heterocycles. The number of nitrogens with zero attached hydrogens (tertiary/aromatic N) is 2. The molecule has 30 heavy (non-hydrogen) atoms. The molecule has 0 fully saturated rings. The summed E-state index contributed by atoms with van der Waals surface area (Å²) < 4.78 is 0. The summed E-state index contributed by atoms with van der Waals surface area (Å²) in [5.41, 5.74) is 5.94. The summed E-state index contributed by atoms with van der Waals surface area (Å²) in [7, 11) is 0. The lowest BCUT2D eigenvalue weighted by molar-refractivity contribution is 0.654. The van der Waals surface area contributed by atoms with E-state index >= 15 is 0 Å². The molecule has 152 valence electrons. The lowest BCUT2D eigenvalue weighted by Gasteiger charge is -2.23. The molecule has 1 aromatic heterocycles. The molecule has 5 rings (SSSR count). The highest BCUT2D eigenvalue weighted by atomic mass is 35.5. The number of nitrogens with one attached hydrogen (secondary N) is 1. The van der Waals surface area contributed by atoms with Crippen molar-refractivity contribution in [2.45, 2.75) is 19.4 Å². The van der Waals surface area contributed by atoms with Gasteiger partial charge in [-0.05, 0) is 36.6 Å². The number of rotatable bonds is 4. The summed E-state index contributed by atoms with van der Waals surface area (Å²) >= 11 is 14.3. The van der Waals surface area contributed by atoms with Crippen molar-refractivity contribution in [3.63, 3.8) is 0 Å². The zero-order valence-corrected chi connectivity index (χ0v) is 18.9. The molecule has 0 saturated carbocycles. The topological polar surface area (TPSA) is 27.6 Å². The fourth-order valence-corrected chi connectivity index (χ4v) is 6.06. The number of thiocarbonyl (C=S) groups is 1. The van der Waals surface area contributed by atoms with E-state index in [1.807, 2.05) is 29.5 Å². The minimum absolute atomic E-state index is 0.513. The Hall–Kier alpha value is -2.05. The minimum Gasteiger partial charge on any atom is -0.325 e. The van der Waals surface area contributed by atoms with Crippen LogP contribution in [0.15, 0.2) is 59.6 Å². The second-order valence-corrected chi connectivity index (χ2v) is 9.50. The van der Waals surface area contributed by atoms with Crippen LogP contribution >= 0.6 is 35.2 Å². The first-order chi connectivity index (χ1) is 14.7. The second-order valence-electron chi connectivity index (χ2n) is 7.54. The van der Waals surface area contributed by atoms with E-state index in [1.165, 1.54) is 26.6 Å². The van der Waals surface area contributed by atoms with Gasteiger partial charge in [0, 0.05) is 34.1 Å². The third-order valence-corrected chi connectivity index (χ3v) is 7.59. The average molecular weight is 452 g/mol. The molecule has 0 radical (unpaired) electrons. The predicted octanol–water partition coefficient (Wildman–Crippen LogP) is 5.27. The number of anilines is 1. The monoisotopic (exact) mass is 451 g/mol. The number of thiophene rings is 1.